The van der Waals surface area contributed by atoms with E-state index in [1.807, 2.05) is 0 Å². The predicted molar refractivity (Wildman–Crippen MR) is 86.9 cm³/mol. The van der Waals surface area contributed by atoms with Gasteiger partial charge in [0, 0.05) is 29.0 Å². The van der Waals surface area contributed by atoms with Gasteiger partial charge in [0.25, 0.3) is 0 Å². The molecule has 0 spiro atoms. The Labute approximate surface area is 151 Å². The number of rotatable bonds is 4. The highest BCUT2D eigenvalue weighted by Crippen LogP contribution is 2.38. The number of primary amides is 1. The molecule has 0 bridgehead atoms. The van der Waals surface area contributed by atoms with Crippen LogP contribution in [0.1, 0.15) is 22.1 Å². The first kappa shape index (κ1) is 18.3. The SMILES string of the molecule is NC(=O)c1ccccc1C1OCN(Cl)N1c1cccc(OC(F)(F)F)c1. The zero-order valence-electron chi connectivity index (χ0n) is 13.1. The van der Waals surface area contributed by atoms with Crippen LogP contribution >= 0.6 is 11.8 Å². The lowest BCUT2D eigenvalue weighted by molar-refractivity contribution is -0.274. The summed E-state index contributed by atoms with van der Waals surface area (Å²) in [6.45, 7) is -0.0519. The highest BCUT2D eigenvalue weighted by molar-refractivity contribution is 6.14. The molecule has 0 radical (unpaired) electrons. The first-order valence-electron chi connectivity index (χ1n) is 7.35. The van der Waals surface area contributed by atoms with Crippen LogP contribution in [0.25, 0.3) is 0 Å². The average molecular weight is 388 g/mol. The summed E-state index contributed by atoms with van der Waals surface area (Å²) in [5.41, 5.74) is 6.33. The van der Waals surface area contributed by atoms with Crippen molar-refractivity contribution in [1.82, 2.24) is 4.53 Å². The number of alkyl halides is 3. The van der Waals surface area contributed by atoms with Gasteiger partial charge in [0.15, 0.2) is 6.23 Å². The number of anilines is 1. The molecule has 26 heavy (non-hydrogen) atoms. The topological polar surface area (TPSA) is 68.0 Å². The zero-order valence-corrected chi connectivity index (χ0v) is 13.9. The van der Waals surface area contributed by atoms with E-state index in [-0.39, 0.29) is 18.0 Å². The molecule has 138 valence electrons. The van der Waals surface area contributed by atoms with Crippen LogP contribution in [0.2, 0.25) is 0 Å². The fraction of sp³-hybridized carbons (Fsp3) is 0.188. The van der Waals surface area contributed by atoms with Crippen LogP contribution < -0.4 is 15.5 Å². The second-order valence-corrected chi connectivity index (χ2v) is 5.72. The van der Waals surface area contributed by atoms with Gasteiger partial charge in [-0.15, -0.1) is 17.7 Å². The number of amides is 1. The van der Waals surface area contributed by atoms with Crippen LogP contribution in [0.4, 0.5) is 18.9 Å². The quantitative estimate of drug-likeness (QED) is 0.813. The number of benzene rings is 2. The lowest BCUT2D eigenvalue weighted by Gasteiger charge is -2.28. The minimum absolute atomic E-state index is 0.0519. The second kappa shape index (κ2) is 7.02. The summed E-state index contributed by atoms with van der Waals surface area (Å²) in [5.74, 6) is -1.07. The highest BCUT2D eigenvalue weighted by atomic mass is 35.5. The number of nitrogens with zero attached hydrogens (tertiary/aromatic N) is 2. The van der Waals surface area contributed by atoms with E-state index in [9.17, 15) is 18.0 Å². The smallest absolute Gasteiger partial charge is 0.406 e. The molecule has 0 aliphatic carbocycles. The molecule has 2 aromatic carbocycles. The Balaban J connectivity index is 1.98. The molecule has 1 fully saturated rings. The van der Waals surface area contributed by atoms with Crippen LogP contribution in [-0.2, 0) is 4.74 Å². The average Bonchev–Trinajstić information content (AvgIpc) is 2.95. The number of ether oxygens (including phenoxy) is 2. The van der Waals surface area contributed by atoms with Gasteiger partial charge in [-0.3, -0.25) is 9.80 Å². The minimum Gasteiger partial charge on any atom is -0.406 e. The number of hydrogen-bond acceptors (Lipinski definition) is 5. The molecule has 3 rings (SSSR count). The highest BCUT2D eigenvalue weighted by Gasteiger charge is 2.36. The third-order valence-corrected chi connectivity index (χ3v) is 3.86. The number of carbonyl (C=O) groups excluding carboxylic acids is 1. The minimum atomic E-state index is -4.82. The van der Waals surface area contributed by atoms with Crippen molar-refractivity contribution in [1.29, 1.82) is 0 Å². The Kier molecular flexibility index (Phi) is 4.94. The van der Waals surface area contributed by atoms with Crippen molar-refractivity contribution in [3.63, 3.8) is 0 Å². The van der Waals surface area contributed by atoms with Crippen molar-refractivity contribution in [2.45, 2.75) is 12.6 Å². The first-order valence-corrected chi connectivity index (χ1v) is 7.68. The Morgan fingerprint density at radius 1 is 1.23 bits per heavy atom. The molecule has 1 saturated heterocycles. The molecule has 0 saturated carbocycles. The molecule has 2 N–H and O–H groups in total. The predicted octanol–water partition coefficient (Wildman–Crippen LogP) is 3.55. The fourth-order valence-corrected chi connectivity index (χ4v) is 2.84. The standard InChI is InChI=1S/C16H13ClF3N3O3/c17-22-9-25-15(13-7-2-1-6-12(13)14(21)24)23(22)10-4-3-5-11(8-10)26-16(18,19)20/h1-8,15H,9H2,(H2,21,24). The number of hydrogen-bond donors (Lipinski definition) is 1. The molecule has 1 aliphatic heterocycles. The van der Waals surface area contributed by atoms with E-state index in [2.05, 4.69) is 4.74 Å². The van der Waals surface area contributed by atoms with Gasteiger partial charge in [0.05, 0.1) is 5.69 Å². The molecule has 0 aromatic heterocycles. The Morgan fingerprint density at radius 3 is 2.65 bits per heavy atom. The van der Waals surface area contributed by atoms with Crippen molar-refractivity contribution >= 4 is 23.4 Å². The Bertz CT molecular complexity index is 819. The maximum Gasteiger partial charge on any atom is 0.573 e. The lowest BCUT2D eigenvalue weighted by Crippen LogP contribution is -2.32. The van der Waals surface area contributed by atoms with Crippen LogP contribution in [0, 0.1) is 0 Å². The van der Waals surface area contributed by atoms with E-state index in [0.29, 0.717) is 5.56 Å². The third kappa shape index (κ3) is 3.85. The number of halogens is 4. The third-order valence-electron chi connectivity index (χ3n) is 3.60. The summed E-state index contributed by atoms with van der Waals surface area (Å²) in [7, 11) is 0. The number of carbonyl (C=O) groups is 1. The van der Waals surface area contributed by atoms with E-state index >= 15 is 0 Å². The van der Waals surface area contributed by atoms with Crippen molar-refractivity contribution in [2.75, 3.05) is 11.7 Å². The van der Waals surface area contributed by atoms with E-state index in [4.69, 9.17) is 22.2 Å². The number of nitrogens with two attached hydrogens (primary N) is 1. The summed E-state index contributed by atoms with van der Waals surface area (Å²) < 4.78 is 48.1. The summed E-state index contributed by atoms with van der Waals surface area (Å²) in [6.07, 6.45) is -5.67. The van der Waals surface area contributed by atoms with Gasteiger partial charge in [-0.05, 0) is 18.2 Å². The molecule has 10 heteroatoms. The molecular weight excluding hydrogens is 375 g/mol. The van der Waals surface area contributed by atoms with Gasteiger partial charge in [0.1, 0.15) is 12.5 Å². The maximum absolute atomic E-state index is 12.5. The molecule has 1 amide bonds. The molecule has 1 atom stereocenters. The van der Waals surface area contributed by atoms with Gasteiger partial charge in [0.2, 0.25) is 5.91 Å². The van der Waals surface area contributed by atoms with Gasteiger partial charge >= 0.3 is 6.36 Å². The molecule has 1 unspecified atom stereocenters. The van der Waals surface area contributed by atoms with Crippen molar-refractivity contribution < 1.29 is 27.4 Å². The summed E-state index contributed by atoms with van der Waals surface area (Å²) in [6, 6.07) is 11.7. The molecule has 1 aliphatic rings. The lowest BCUT2D eigenvalue weighted by atomic mass is 10.1. The first-order chi connectivity index (χ1) is 12.3. The van der Waals surface area contributed by atoms with Crippen LogP contribution in [0.15, 0.2) is 48.5 Å². The number of hydrazine groups is 1. The monoisotopic (exact) mass is 387 g/mol. The van der Waals surface area contributed by atoms with Crippen molar-refractivity contribution in [3.05, 3.63) is 59.7 Å². The van der Waals surface area contributed by atoms with Crippen LogP contribution in [0.5, 0.6) is 5.75 Å². The van der Waals surface area contributed by atoms with Crippen LogP contribution in [-0.4, -0.2) is 23.5 Å². The van der Waals surface area contributed by atoms with Gasteiger partial charge in [-0.1, -0.05) is 24.3 Å². The van der Waals surface area contributed by atoms with Crippen LogP contribution in [0.3, 0.4) is 0 Å². The maximum atomic E-state index is 12.5. The largest absolute Gasteiger partial charge is 0.573 e. The fourth-order valence-electron chi connectivity index (χ4n) is 2.62. The van der Waals surface area contributed by atoms with Gasteiger partial charge in [-0.25, -0.2) is 0 Å². The van der Waals surface area contributed by atoms with Gasteiger partial charge in [-0.2, -0.15) is 0 Å². The molecule has 6 nitrogen and oxygen atoms in total. The van der Waals surface area contributed by atoms with Crippen molar-refractivity contribution in [3.8, 4) is 5.75 Å². The Morgan fingerprint density at radius 2 is 1.96 bits per heavy atom. The summed E-state index contributed by atoms with van der Waals surface area (Å²) in [4.78, 5) is 11.7. The van der Waals surface area contributed by atoms with E-state index < -0.39 is 24.2 Å². The van der Waals surface area contributed by atoms with E-state index in [1.54, 1.807) is 18.2 Å². The molecule has 2 aromatic rings. The summed E-state index contributed by atoms with van der Waals surface area (Å²) >= 11 is 6.13. The zero-order chi connectivity index (χ0) is 18.9. The summed E-state index contributed by atoms with van der Waals surface area (Å²) in [5, 5.41) is 1.40. The normalized spacial score (nSPS) is 18.2. The van der Waals surface area contributed by atoms with Gasteiger partial charge < -0.3 is 15.2 Å². The van der Waals surface area contributed by atoms with Crippen molar-refractivity contribution in [2.24, 2.45) is 5.73 Å². The molecule has 1 heterocycles. The Hall–Kier alpha value is -2.49. The molecular formula is C16H13ClF3N3O3. The second-order valence-electron chi connectivity index (χ2n) is 5.33. The van der Waals surface area contributed by atoms with E-state index in [1.165, 1.54) is 29.3 Å². The van der Waals surface area contributed by atoms with E-state index in [0.717, 1.165) is 10.6 Å².